The van der Waals surface area contributed by atoms with Gasteiger partial charge < -0.3 is 20.1 Å². The summed E-state index contributed by atoms with van der Waals surface area (Å²) < 4.78 is 10.1. The van der Waals surface area contributed by atoms with E-state index in [2.05, 4.69) is 10.6 Å². The molecule has 176 valence electrons. The van der Waals surface area contributed by atoms with Crippen molar-refractivity contribution in [2.75, 3.05) is 24.9 Å². The highest BCUT2D eigenvalue weighted by Crippen LogP contribution is 2.35. The van der Waals surface area contributed by atoms with Crippen LogP contribution in [0.4, 0.5) is 16.4 Å². The van der Waals surface area contributed by atoms with Crippen LogP contribution in [0.25, 0.3) is 0 Å². The molecule has 3 rings (SSSR count). The summed E-state index contributed by atoms with van der Waals surface area (Å²) in [5.74, 6) is -1.47. The fourth-order valence-electron chi connectivity index (χ4n) is 3.22. The highest BCUT2D eigenvalue weighted by Gasteiger charge is 2.27. The molecule has 1 aromatic heterocycles. The van der Waals surface area contributed by atoms with Gasteiger partial charge in [0.05, 0.1) is 35.3 Å². The summed E-state index contributed by atoms with van der Waals surface area (Å²) in [4.78, 5) is 49.1. The third kappa shape index (κ3) is 4.89. The van der Waals surface area contributed by atoms with Gasteiger partial charge in [0, 0.05) is 17.2 Å². The minimum atomic E-state index is -0.740. The zero-order valence-corrected chi connectivity index (χ0v) is 19.6. The minimum absolute atomic E-state index is 0.0210. The molecule has 2 N–H and O–H groups in total. The largest absolute Gasteiger partial charge is 0.495 e. The topological polar surface area (TPSA) is 137 Å². The van der Waals surface area contributed by atoms with Crippen molar-refractivity contribution in [2.24, 2.45) is 0 Å². The van der Waals surface area contributed by atoms with Crippen molar-refractivity contribution < 1.29 is 28.8 Å². The van der Waals surface area contributed by atoms with Crippen molar-refractivity contribution in [1.29, 1.82) is 0 Å². The van der Waals surface area contributed by atoms with Crippen LogP contribution in [-0.4, -0.2) is 36.9 Å². The quantitative estimate of drug-likeness (QED) is 0.285. The zero-order valence-electron chi connectivity index (χ0n) is 18.8. The third-order valence-electron chi connectivity index (χ3n) is 4.99. The number of nitro benzene ring substituents is 1. The monoisotopic (exact) mass is 483 g/mol. The van der Waals surface area contributed by atoms with E-state index in [9.17, 15) is 24.5 Å². The molecule has 0 radical (unpaired) electrons. The summed E-state index contributed by atoms with van der Waals surface area (Å²) in [6, 6.07) is 10.9. The second-order valence-electron chi connectivity index (χ2n) is 7.12. The number of anilines is 2. The number of carbonyl (C=O) groups is 3. The predicted molar refractivity (Wildman–Crippen MR) is 127 cm³/mol. The van der Waals surface area contributed by atoms with Crippen molar-refractivity contribution in [2.45, 2.75) is 13.8 Å². The molecule has 0 atom stereocenters. The maximum atomic E-state index is 13.0. The van der Waals surface area contributed by atoms with Gasteiger partial charge >= 0.3 is 5.97 Å². The van der Waals surface area contributed by atoms with Crippen LogP contribution in [0.15, 0.2) is 42.5 Å². The van der Waals surface area contributed by atoms with Crippen molar-refractivity contribution in [3.8, 4) is 5.75 Å². The number of carbonyl (C=O) groups excluding carboxylic acids is 3. The van der Waals surface area contributed by atoms with Crippen molar-refractivity contribution in [1.82, 2.24) is 0 Å². The van der Waals surface area contributed by atoms with Gasteiger partial charge in [-0.3, -0.25) is 19.7 Å². The Labute approximate surface area is 198 Å². The number of rotatable bonds is 7. The van der Waals surface area contributed by atoms with Gasteiger partial charge in [-0.25, -0.2) is 4.79 Å². The lowest BCUT2D eigenvalue weighted by molar-refractivity contribution is -0.385. The van der Waals surface area contributed by atoms with Crippen molar-refractivity contribution >= 4 is 45.5 Å². The Kier molecular flexibility index (Phi) is 7.27. The maximum Gasteiger partial charge on any atom is 0.341 e. The summed E-state index contributed by atoms with van der Waals surface area (Å²) in [7, 11) is 2.66. The average Bonchev–Trinajstić information content (AvgIpc) is 3.14. The van der Waals surface area contributed by atoms with Crippen molar-refractivity contribution in [3.63, 3.8) is 0 Å². The van der Waals surface area contributed by atoms with Gasteiger partial charge in [0.25, 0.3) is 17.5 Å². The first kappa shape index (κ1) is 24.4. The van der Waals surface area contributed by atoms with Gasteiger partial charge in [0.1, 0.15) is 10.8 Å². The van der Waals surface area contributed by atoms with Crippen LogP contribution in [0.3, 0.4) is 0 Å². The van der Waals surface area contributed by atoms with E-state index in [4.69, 9.17) is 9.47 Å². The number of nitro groups is 1. The van der Waals surface area contributed by atoms with E-state index in [0.717, 1.165) is 17.4 Å². The Morgan fingerprint density at radius 1 is 1.00 bits per heavy atom. The van der Waals surface area contributed by atoms with Crippen LogP contribution in [0.2, 0.25) is 0 Å². The number of nitrogens with one attached hydrogen (secondary N) is 2. The molecule has 11 heteroatoms. The number of esters is 1. The molecule has 2 amide bonds. The zero-order chi connectivity index (χ0) is 25.0. The standard InChI is InChI=1S/C23H21N3O7S/c1-12-9-10-14(11-16(12)26(30)31)20(27)25-22-18(23(29)33-4)13(2)19(34-22)21(28)24-15-7-5-6-8-17(15)32-3/h5-11H,1-4H3,(H,24,28)(H,25,27). The third-order valence-corrected chi connectivity index (χ3v) is 6.20. The van der Waals surface area contributed by atoms with E-state index in [0.29, 0.717) is 22.6 Å². The number of thiophene rings is 1. The first-order chi connectivity index (χ1) is 16.2. The molecule has 0 bridgehead atoms. The Balaban J connectivity index is 1.96. The number of nitrogens with zero attached hydrogens (tertiary/aromatic N) is 1. The molecule has 0 aliphatic rings. The van der Waals surface area contributed by atoms with E-state index in [-0.39, 0.29) is 26.7 Å². The second-order valence-corrected chi connectivity index (χ2v) is 8.14. The summed E-state index contributed by atoms with van der Waals surface area (Å²) in [6.45, 7) is 3.12. The lowest BCUT2D eigenvalue weighted by Crippen LogP contribution is -2.15. The lowest BCUT2D eigenvalue weighted by atomic mass is 10.1. The Bertz CT molecular complexity index is 1300. The molecule has 0 unspecified atom stereocenters. The highest BCUT2D eigenvalue weighted by atomic mass is 32.1. The van der Waals surface area contributed by atoms with Crippen LogP contribution in [0, 0.1) is 24.0 Å². The van der Waals surface area contributed by atoms with Gasteiger partial charge in [0.2, 0.25) is 0 Å². The van der Waals surface area contributed by atoms with Crippen LogP contribution in [0.1, 0.15) is 41.5 Å². The van der Waals surface area contributed by atoms with E-state index < -0.39 is 22.7 Å². The van der Waals surface area contributed by atoms with E-state index in [1.807, 2.05) is 0 Å². The van der Waals surface area contributed by atoms with Gasteiger partial charge in [-0.15, -0.1) is 11.3 Å². The van der Waals surface area contributed by atoms with Crippen LogP contribution in [0.5, 0.6) is 5.75 Å². The number of para-hydroxylation sites is 2. The summed E-state index contributed by atoms with van der Waals surface area (Å²) in [6.07, 6.45) is 0. The molecular weight excluding hydrogens is 462 g/mol. The lowest BCUT2D eigenvalue weighted by Gasteiger charge is -2.09. The molecule has 34 heavy (non-hydrogen) atoms. The van der Waals surface area contributed by atoms with Crippen LogP contribution in [-0.2, 0) is 4.74 Å². The van der Waals surface area contributed by atoms with E-state index >= 15 is 0 Å². The van der Waals surface area contributed by atoms with Crippen molar-refractivity contribution in [3.05, 3.63) is 79.7 Å². The van der Waals surface area contributed by atoms with Crippen LogP contribution < -0.4 is 15.4 Å². The predicted octanol–water partition coefficient (Wildman–Crippen LogP) is 4.57. The van der Waals surface area contributed by atoms with Gasteiger partial charge in [-0.05, 0) is 37.6 Å². The molecular formula is C23H21N3O7S. The summed E-state index contributed by atoms with van der Waals surface area (Å²) in [5.41, 5.74) is 0.986. The molecule has 0 saturated heterocycles. The Hall–Kier alpha value is -4.25. The summed E-state index contributed by atoms with van der Waals surface area (Å²) in [5, 5.41) is 16.6. The van der Waals surface area contributed by atoms with Crippen LogP contribution >= 0.6 is 11.3 Å². The molecule has 0 saturated carbocycles. The number of hydrogen-bond donors (Lipinski definition) is 2. The molecule has 10 nitrogen and oxygen atoms in total. The number of amides is 2. The van der Waals surface area contributed by atoms with Gasteiger partial charge in [-0.1, -0.05) is 18.2 Å². The molecule has 3 aromatic rings. The van der Waals surface area contributed by atoms with Gasteiger partial charge in [-0.2, -0.15) is 0 Å². The molecule has 0 aliphatic carbocycles. The van der Waals surface area contributed by atoms with Gasteiger partial charge in [0.15, 0.2) is 0 Å². The molecule has 2 aromatic carbocycles. The summed E-state index contributed by atoms with van der Waals surface area (Å²) >= 11 is 0.888. The average molecular weight is 484 g/mol. The number of methoxy groups -OCH3 is 2. The SMILES string of the molecule is COC(=O)c1c(NC(=O)c2ccc(C)c([N+](=O)[O-])c2)sc(C(=O)Nc2ccccc2OC)c1C. The Morgan fingerprint density at radius 3 is 2.35 bits per heavy atom. The molecule has 0 spiro atoms. The fourth-order valence-corrected chi connectivity index (χ4v) is 4.30. The first-order valence-electron chi connectivity index (χ1n) is 9.90. The Morgan fingerprint density at radius 2 is 1.71 bits per heavy atom. The minimum Gasteiger partial charge on any atom is -0.495 e. The maximum absolute atomic E-state index is 13.0. The number of ether oxygens (including phenoxy) is 2. The highest BCUT2D eigenvalue weighted by molar-refractivity contribution is 7.19. The molecule has 1 heterocycles. The second kappa shape index (κ2) is 10.1. The molecule has 0 fully saturated rings. The fraction of sp³-hybridized carbons (Fsp3) is 0.174. The normalized spacial score (nSPS) is 10.4. The van der Waals surface area contributed by atoms with E-state index in [1.165, 1.54) is 26.4 Å². The molecule has 0 aliphatic heterocycles. The smallest absolute Gasteiger partial charge is 0.341 e. The first-order valence-corrected chi connectivity index (χ1v) is 10.7. The van der Waals surface area contributed by atoms with E-state index in [1.54, 1.807) is 38.1 Å². The number of aryl methyl sites for hydroxylation is 1. The number of benzene rings is 2. The number of hydrogen-bond acceptors (Lipinski definition) is 8.